The molecule has 0 atom stereocenters. The van der Waals surface area contributed by atoms with Crippen molar-refractivity contribution < 1.29 is 27.9 Å². The van der Waals surface area contributed by atoms with Crippen molar-refractivity contribution in [1.29, 1.82) is 0 Å². The van der Waals surface area contributed by atoms with Gasteiger partial charge < -0.3 is 15.2 Å². The summed E-state index contributed by atoms with van der Waals surface area (Å²) in [6, 6.07) is 3.58. The molecule has 11 heteroatoms. The molecule has 0 unspecified atom stereocenters. The van der Waals surface area contributed by atoms with Crippen molar-refractivity contribution in [2.75, 3.05) is 5.32 Å². The van der Waals surface area contributed by atoms with Gasteiger partial charge in [-0.05, 0) is 38.8 Å². The normalized spacial score (nSPS) is 15.0. The summed E-state index contributed by atoms with van der Waals surface area (Å²) in [4.78, 5) is 27.5. The fraction of sp³-hybridized carbons (Fsp3) is 0.435. The van der Waals surface area contributed by atoms with E-state index in [0.717, 1.165) is 43.6 Å². The van der Waals surface area contributed by atoms with E-state index in [1.807, 2.05) is 17.7 Å². The van der Waals surface area contributed by atoms with Gasteiger partial charge in [0.1, 0.15) is 13.1 Å². The topological polar surface area (TPSA) is 110 Å². The van der Waals surface area contributed by atoms with Crippen LogP contribution in [0, 0.1) is 0 Å². The number of hydrogen-bond donors (Lipinski definition) is 2. The van der Waals surface area contributed by atoms with E-state index >= 15 is 0 Å². The Labute approximate surface area is 194 Å². The van der Waals surface area contributed by atoms with Crippen LogP contribution < -0.4 is 5.32 Å². The van der Waals surface area contributed by atoms with Crippen LogP contribution in [0.2, 0.25) is 0 Å². The third kappa shape index (κ3) is 5.41. The maximum Gasteiger partial charge on any atom is 0.434 e. The van der Waals surface area contributed by atoms with Crippen LogP contribution in [0.1, 0.15) is 73.6 Å². The third-order valence-electron chi connectivity index (χ3n) is 5.74. The number of anilines is 1. The maximum absolute atomic E-state index is 13.3. The molecule has 0 spiro atoms. The number of aromatic nitrogens is 4. The molecule has 0 saturated heterocycles. The van der Waals surface area contributed by atoms with E-state index in [-0.39, 0.29) is 11.7 Å². The third-order valence-corrected chi connectivity index (χ3v) is 5.74. The molecular formula is C23H26F3N5O3. The number of alkyl halides is 3. The molecule has 3 aromatic rings. The summed E-state index contributed by atoms with van der Waals surface area (Å²) < 4.78 is 41.8. The minimum Gasteiger partial charge on any atom is -0.386 e. The van der Waals surface area contributed by atoms with Crippen LogP contribution in [-0.4, -0.2) is 37.6 Å². The Bertz CT molecular complexity index is 1160. The van der Waals surface area contributed by atoms with Crippen molar-refractivity contribution in [1.82, 2.24) is 19.7 Å². The molecule has 1 aliphatic rings. The molecule has 2 heterocycles. The van der Waals surface area contributed by atoms with Gasteiger partial charge in [-0.2, -0.15) is 18.3 Å². The monoisotopic (exact) mass is 477 g/mol. The number of halogens is 3. The van der Waals surface area contributed by atoms with E-state index in [1.54, 1.807) is 12.1 Å². The zero-order valence-electron chi connectivity index (χ0n) is 18.9. The molecule has 182 valence electrons. The first-order valence-corrected chi connectivity index (χ1v) is 10.8. The van der Waals surface area contributed by atoms with E-state index in [1.165, 1.54) is 20.3 Å². The summed E-state index contributed by atoms with van der Waals surface area (Å²) in [6.07, 6.45) is 4.19. The molecule has 0 aliphatic heterocycles. The summed E-state index contributed by atoms with van der Waals surface area (Å²) >= 11 is 0. The van der Waals surface area contributed by atoms with E-state index < -0.39 is 28.9 Å². The first kappa shape index (κ1) is 25.3. The molecule has 1 aromatic carbocycles. The molecule has 1 amide bonds. The summed E-state index contributed by atoms with van der Waals surface area (Å²) in [5, 5.41) is 18.6. The molecule has 1 aliphatic carbocycles. The maximum atomic E-state index is 13.3. The highest BCUT2D eigenvalue weighted by molar-refractivity contribution is 6.06. The van der Waals surface area contributed by atoms with Gasteiger partial charge in [-0.15, -0.1) is 0 Å². The molecule has 8 nitrogen and oxygen atoms in total. The quantitative estimate of drug-likeness (QED) is 0.566. The van der Waals surface area contributed by atoms with Crippen LogP contribution in [-0.2, 0) is 16.6 Å². The van der Waals surface area contributed by atoms with Crippen molar-refractivity contribution in [3.8, 4) is 0 Å². The van der Waals surface area contributed by atoms with Crippen LogP contribution in [0.25, 0.3) is 10.9 Å². The van der Waals surface area contributed by atoms with Crippen LogP contribution >= 0.6 is 0 Å². The number of fused-ring (bicyclic) bond motifs is 1. The Balaban J connectivity index is 0.00000158. The standard InChI is InChI=1S/C22H24F3N5O2.CH2O/c1-21(2,32)16-9-17-13(11-30(29-17)14-6-4-3-5-7-14)8-18(16)28-20(31)15-10-26-12-27-19(15)22(23,24)25;1-2/h8-12,14,32H,3-7H2,1-2H3,(H,28,31);1H2. The molecule has 4 rings (SSSR count). The fourth-order valence-corrected chi connectivity index (χ4v) is 4.14. The lowest BCUT2D eigenvalue weighted by Gasteiger charge is -2.22. The predicted octanol–water partition coefficient (Wildman–Crippen LogP) is 4.65. The number of aliphatic hydroxyl groups is 1. The average Bonchev–Trinajstić information content (AvgIpc) is 3.22. The molecule has 0 radical (unpaired) electrons. The smallest absolute Gasteiger partial charge is 0.386 e. The van der Waals surface area contributed by atoms with Crippen molar-refractivity contribution in [2.24, 2.45) is 0 Å². The van der Waals surface area contributed by atoms with Crippen LogP contribution in [0.3, 0.4) is 0 Å². The van der Waals surface area contributed by atoms with Gasteiger partial charge in [0.2, 0.25) is 0 Å². The number of carbonyl (C=O) groups is 2. The first-order valence-electron chi connectivity index (χ1n) is 10.8. The average molecular weight is 477 g/mol. The summed E-state index contributed by atoms with van der Waals surface area (Å²) in [6.45, 7) is 5.07. The van der Waals surface area contributed by atoms with Crippen molar-refractivity contribution in [3.63, 3.8) is 0 Å². The van der Waals surface area contributed by atoms with Gasteiger partial charge in [-0.1, -0.05) is 19.3 Å². The number of carbonyl (C=O) groups excluding carboxylic acids is 2. The number of benzene rings is 1. The highest BCUT2D eigenvalue weighted by Gasteiger charge is 2.37. The minimum absolute atomic E-state index is 0.204. The first-order chi connectivity index (χ1) is 16.0. The Morgan fingerprint density at radius 2 is 1.85 bits per heavy atom. The van der Waals surface area contributed by atoms with E-state index in [4.69, 9.17) is 4.79 Å². The predicted molar refractivity (Wildman–Crippen MR) is 119 cm³/mol. The van der Waals surface area contributed by atoms with Crippen molar-refractivity contribution in [2.45, 2.75) is 63.8 Å². The highest BCUT2D eigenvalue weighted by Crippen LogP contribution is 2.35. The Hall–Kier alpha value is -3.34. The summed E-state index contributed by atoms with van der Waals surface area (Å²) in [5.74, 6) is -1.01. The second kappa shape index (κ2) is 9.88. The molecule has 1 saturated carbocycles. The largest absolute Gasteiger partial charge is 0.434 e. The number of nitrogens with one attached hydrogen (secondary N) is 1. The van der Waals surface area contributed by atoms with E-state index in [2.05, 4.69) is 20.4 Å². The van der Waals surface area contributed by atoms with Crippen LogP contribution in [0.5, 0.6) is 0 Å². The Kier molecular flexibility index (Phi) is 7.35. The van der Waals surface area contributed by atoms with Gasteiger partial charge in [0, 0.05) is 29.0 Å². The lowest BCUT2D eigenvalue weighted by molar-refractivity contribution is -0.141. The lowest BCUT2D eigenvalue weighted by Crippen LogP contribution is -2.23. The Morgan fingerprint density at radius 1 is 1.18 bits per heavy atom. The summed E-state index contributed by atoms with van der Waals surface area (Å²) in [7, 11) is 0. The van der Waals surface area contributed by atoms with Crippen LogP contribution in [0.4, 0.5) is 18.9 Å². The SMILES string of the molecule is C=O.CC(C)(O)c1cc2nn(C3CCCCC3)cc2cc1NC(=O)c1cncnc1C(F)(F)F. The molecule has 2 aromatic heterocycles. The highest BCUT2D eigenvalue weighted by atomic mass is 19.4. The molecule has 0 bridgehead atoms. The van der Waals surface area contributed by atoms with Gasteiger partial charge in [0.05, 0.1) is 22.7 Å². The minimum atomic E-state index is -4.81. The molecule has 34 heavy (non-hydrogen) atoms. The number of amides is 1. The number of hydrogen-bond acceptors (Lipinski definition) is 6. The Morgan fingerprint density at radius 3 is 2.47 bits per heavy atom. The van der Waals surface area contributed by atoms with Crippen molar-refractivity contribution in [3.05, 3.63) is 47.7 Å². The van der Waals surface area contributed by atoms with Crippen LogP contribution in [0.15, 0.2) is 30.9 Å². The number of rotatable bonds is 4. The molecular weight excluding hydrogens is 451 g/mol. The van der Waals surface area contributed by atoms with E-state index in [9.17, 15) is 23.1 Å². The van der Waals surface area contributed by atoms with Crippen molar-refractivity contribution >= 4 is 29.3 Å². The number of nitrogens with zero attached hydrogens (tertiary/aromatic N) is 4. The van der Waals surface area contributed by atoms with Gasteiger partial charge in [-0.3, -0.25) is 9.48 Å². The second-order valence-corrected chi connectivity index (χ2v) is 8.65. The van der Waals surface area contributed by atoms with E-state index in [0.29, 0.717) is 11.1 Å². The zero-order chi connectivity index (χ0) is 25.1. The molecule has 2 N–H and O–H groups in total. The second-order valence-electron chi connectivity index (χ2n) is 8.65. The molecule has 1 fully saturated rings. The zero-order valence-corrected chi connectivity index (χ0v) is 18.9. The van der Waals surface area contributed by atoms with Gasteiger partial charge in [0.15, 0.2) is 5.69 Å². The van der Waals surface area contributed by atoms with Gasteiger partial charge >= 0.3 is 6.18 Å². The van der Waals surface area contributed by atoms with Gasteiger partial charge in [0.25, 0.3) is 5.91 Å². The summed E-state index contributed by atoms with van der Waals surface area (Å²) in [5.41, 5.74) is -2.19. The van der Waals surface area contributed by atoms with Gasteiger partial charge in [-0.25, -0.2) is 9.97 Å². The fourth-order valence-electron chi connectivity index (χ4n) is 4.14. The lowest BCUT2D eigenvalue weighted by atomic mass is 9.95.